The van der Waals surface area contributed by atoms with Gasteiger partial charge in [0.25, 0.3) is 0 Å². The molecule has 100 valence electrons. The molecule has 0 aliphatic carbocycles. The molecule has 5 nitrogen and oxygen atoms in total. The first-order chi connectivity index (χ1) is 8.67. The summed E-state index contributed by atoms with van der Waals surface area (Å²) in [5, 5.41) is 3.97. The Bertz CT molecular complexity index is 412. The summed E-state index contributed by atoms with van der Waals surface area (Å²) in [5.74, 6) is 5.83. The summed E-state index contributed by atoms with van der Waals surface area (Å²) < 4.78 is 4.93. The second-order valence-electron chi connectivity index (χ2n) is 3.47. The van der Waals surface area contributed by atoms with Gasteiger partial charge in [-0.3, -0.25) is 10.4 Å². The first-order valence-electron chi connectivity index (χ1n) is 5.39. The van der Waals surface area contributed by atoms with E-state index in [9.17, 15) is 0 Å². The third-order valence-electron chi connectivity index (χ3n) is 2.10. The van der Waals surface area contributed by atoms with E-state index in [4.69, 9.17) is 33.8 Å². The number of rotatable bonds is 5. The fourth-order valence-electron chi connectivity index (χ4n) is 1.23. The number of nitrogens with one attached hydrogen (secondary N) is 2. The van der Waals surface area contributed by atoms with Crippen LogP contribution < -0.4 is 16.6 Å². The van der Waals surface area contributed by atoms with Crippen LogP contribution in [0.5, 0.6) is 0 Å². The van der Waals surface area contributed by atoms with Gasteiger partial charge in [0.2, 0.25) is 5.96 Å². The SMILES string of the molecule is COCCCN=C(NN)Nc1ccc(Cl)c(Cl)c1. The van der Waals surface area contributed by atoms with Crippen molar-refractivity contribution < 1.29 is 4.74 Å². The van der Waals surface area contributed by atoms with E-state index in [1.807, 2.05) is 0 Å². The van der Waals surface area contributed by atoms with Crippen LogP contribution in [0.2, 0.25) is 10.0 Å². The lowest BCUT2D eigenvalue weighted by atomic mass is 10.3. The maximum Gasteiger partial charge on any atom is 0.210 e. The van der Waals surface area contributed by atoms with Gasteiger partial charge in [-0.2, -0.15) is 0 Å². The Balaban J connectivity index is 2.58. The topological polar surface area (TPSA) is 71.7 Å². The number of nitrogens with zero attached hydrogens (tertiary/aromatic N) is 1. The number of hydrogen-bond donors (Lipinski definition) is 3. The predicted molar refractivity (Wildman–Crippen MR) is 76.2 cm³/mol. The Labute approximate surface area is 116 Å². The summed E-state index contributed by atoms with van der Waals surface area (Å²) in [5.41, 5.74) is 3.24. The predicted octanol–water partition coefficient (Wildman–Crippen LogP) is 2.26. The van der Waals surface area contributed by atoms with Gasteiger partial charge in [0.1, 0.15) is 0 Å². The number of ether oxygens (including phenoxy) is 1. The third-order valence-corrected chi connectivity index (χ3v) is 2.83. The highest BCUT2D eigenvalue weighted by Gasteiger charge is 2.01. The molecule has 4 N–H and O–H groups in total. The molecule has 0 aromatic heterocycles. The van der Waals surface area contributed by atoms with E-state index in [1.54, 1.807) is 25.3 Å². The van der Waals surface area contributed by atoms with Crippen molar-refractivity contribution in [2.24, 2.45) is 10.8 Å². The first kappa shape index (κ1) is 15.0. The van der Waals surface area contributed by atoms with E-state index >= 15 is 0 Å². The molecule has 0 aliphatic heterocycles. The average Bonchev–Trinajstić information content (AvgIpc) is 2.37. The minimum absolute atomic E-state index is 0.462. The third kappa shape index (κ3) is 5.10. The fourth-order valence-corrected chi connectivity index (χ4v) is 1.53. The summed E-state index contributed by atoms with van der Waals surface area (Å²) >= 11 is 11.7. The molecule has 1 aromatic rings. The van der Waals surface area contributed by atoms with Crippen LogP contribution in [0.15, 0.2) is 23.2 Å². The van der Waals surface area contributed by atoms with Crippen LogP contribution in [0.3, 0.4) is 0 Å². The molecule has 0 fully saturated rings. The number of nitrogens with two attached hydrogens (primary N) is 1. The van der Waals surface area contributed by atoms with Crippen LogP contribution in [0.4, 0.5) is 5.69 Å². The van der Waals surface area contributed by atoms with Gasteiger partial charge in [-0.05, 0) is 24.6 Å². The summed E-state index contributed by atoms with van der Waals surface area (Å²) in [6.07, 6.45) is 0.824. The number of hydrogen-bond acceptors (Lipinski definition) is 3. The number of anilines is 1. The highest BCUT2D eigenvalue weighted by atomic mass is 35.5. The highest BCUT2D eigenvalue weighted by molar-refractivity contribution is 6.42. The van der Waals surface area contributed by atoms with E-state index in [1.165, 1.54) is 0 Å². The van der Waals surface area contributed by atoms with E-state index in [2.05, 4.69) is 15.7 Å². The zero-order valence-corrected chi connectivity index (χ0v) is 11.6. The van der Waals surface area contributed by atoms with Gasteiger partial charge < -0.3 is 10.1 Å². The van der Waals surface area contributed by atoms with Crippen molar-refractivity contribution in [1.29, 1.82) is 0 Å². The number of benzene rings is 1. The van der Waals surface area contributed by atoms with Crippen molar-refractivity contribution in [3.8, 4) is 0 Å². The molecular formula is C11H16Cl2N4O. The first-order valence-corrected chi connectivity index (χ1v) is 6.15. The van der Waals surface area contributed by atoms with Crippen molar-refractivity contribution in [2.75, 3.05) is 25.6 Å². The Morgan fingerprint density at radius 1 is 1.39 bits per heavy atom. The standard InChI is InChI=1S/C11H16Cl2N4O/c1-18-6-2-5-15-11(17-14)16-8-3-4-9(12)10(13)7-8/h3-4,7H,2,5-6,14H2,1H3,(H2,15,16,17). The molecule has 7 heteroatoms. The molecule has 1 aromatic carbocycles. The molecule has 0 bridgehead atoms. The lowest BCUT2D eigenvalue weighted by molar-refractivity contribution is 0.197. The minimum Gasteiger partial charge on any atom is -0.385 e. The highest BCUT2D eigenvalue weighted by Crippen LogP contribution is 2.24. The number of guanidine groups is 1. The van der Waals surface area contributed by atoms with E-state index in [-0.39, 0.29) is 0 Å². The average molecular weight is 291 g/mol. The second-order valence-corrected chi connectivity index (χ2v) is 4.29. The molecule has 0 spiro atoms. The zero-order chi connectivity index (χ0) is 13.4. The molecule has 0 radical (unpaired) electrons. The maximum atomic E-state index is 5.91. The van der Waals surface area contributed by atoms with Crippen LogP contribution in [0.1, 0.15) is 6.42 Å². The second kappa shape index (κ2) is 8.16. The van der Waals surface area contributed by atoms with E-state index < -0.39 is 0 Å². The van der Waals surface area contributed by atoms with Crippen LogP contribution in [-0.2, 0) is 4.74 Å². The lowest BCUT2D eigenvalue weighted by Crippen LogP contribution is -2.36. The quantitative estimate of drug-likeness (QED) is 0.256. The fraction of sp³-hybridized carbons (Fsp3) is 0.364. The van der Waals surface area contributed by atoms with Gasteiger partial charge in [0.05, 0.1) is 10.0 Å². The van der Waals surface area contributed by atoms with Gasteiger partial charge >= 0.3 is 0 Å². The van der Waals surface area contributed by atoms with Crippen molar-refractivity contribution in [3.05, 3.63) is 28.2 Å². The van der Waals surface area contributed by atoms with E-state index in [0.717, 1.165) is 12.1 Å². The molecule has 0 saturated carbocycles. The largest absolute Gasteiger partial charge is 0.385 e. The normalized spacial score (nSPS) is 11.4. The van der Waals surface area contributed by atoms with Gasteiger partial charge in [-0.25, -0.2) is 5.84 Å². The molecule has 0 heterocycles. The summed E-state index contributed by atoms with van der Waals surface area (Å²) in [6, 6.07) is 5.19. The smallest absolute Gasteiger partial charge is 0.210 e. The van der Waals surface area contributed by atoms with Crippen molar-refractivity contribution in [1.82, 2.24) is 5.43 Å². The monoisotopic (exact) mass is 290 g/mol. The summed E-state index contributed by atoms with van der Waals surface area (Å²) in [6.45, 7) is 1.27. The summed E-state index contributed by atoms with van der Waals surface area (Å²) in [7, 11) is 1.65. The minimum atomic E-state index is 0.462. The lowest BCUT2D eigenvalue weighted by Gasteiger charge is -2.09. The van der Waals surface area contributed by atoms with Crippen LogP contribution in [-0.4, -0.2) is 26.2 Å². The molecule has 18 heavy (non-hydrogen) atoms. The number of methoxy groups -OCH3 is 1. The van der Waals surface area contributed by atoms with Crippen molar-refractivity contribution in [3.63, 3.8) is 0 Å². The van der Waals surface area contributed by atoms with Gasteiger partial charge in [0.15, 0.2) is 0 Å². The van der Waals surface area contributed by atoms with Gasteiger partial charge in [-0.1, -0.05) is 23.2 Å². The summed E-state index contributed by atoms with van der Waals surface area (Å²) in [4.78, 5) is 4.24. The number of halogens is 2. The molecule has 1 rings (SSSR count). The van der Waals surface area contributed by atoms with Crippen molar-refractivity contribution in [2.45, 2.75) is 6.42 Å². The molecule has 0 atom stereocenters. The Morgan fingerprint density at radius 2 is 2.17 bits per heavy atom. The molecular weight excluding hydrogens is 275 g/mol. The Hall–Kier alpha value is -1.01. The van der Waals surface area contributed by atoms with Gasteiger partial charge in [-0.15, -0.1) is 0 Å². The number of aliphatic imine (C=N–C) groups is 1. The van der Waals surface area contributed by atoms with Crippen molar-refractivity contribution >= 4 is 34.8 Å². The molecule has 0 saturated heterocycles. The van der Waals surface area contributed by atoms with Crippen LogP contribution in [0.25, 0.3) is 0 Å². The molecule has 0 amide bonds. The Morgan fingerprint density at radius 3 is 2.78 bits per heavy atom. The van der Waals surface area contributed by atoms with Crippen LogP contribution >= 0.6 is 23.2 Å². The zero-order valence-electron chi connectivity index (χ0n) is 10.0. The molecule has 0 unspecified atom stereocenters. The molecule has 0 aliphatic rings. The van der Waals surface area contributed by atoms with Crippen LogP contribution in [0, 0.1) is 0 Å². The Kier molecular flexibility index (Phi) is 6.82. The van der Waals surface area contributed by atoms with E-state index in [0.29, 0.717) is 29.2 Å². The maximum absolute atomic E-state index is 5.91. The van der Waals surface area contributed by atoms with Gasteiger partial charge in [0, 0.05) is 25.9 Å². The number of hydrazine groups is 1.